The van der Waals surface area contributed by atoms with Crippen molar-refractivity contribution >= 4 is 5.96 Å². The molecule has 0 radical (unpaired) electrons. The molecule has 2 N–H and O–H groups in total. The molecular formula is C22H39N5O. The van der Waals surface area contributed by atoms with Crippen molar-refractivity contribution in [1.82, 2.24) is 20.4 Å². The van der Waals surface area contributed by atoms with E-state index in [-0.39, 0.29) is 0 Å². The Hall–Kier alpha value is -1.63. The number of nitrogens with zero attached hydrogens (tertiary/aromatic N) is 3. The molecule has 1 aliphatic heterocycles. The van der Waals surface area contributed by atoms with Crippen LogP contribution in [0, 0.1) is 0 Å². The maximum atomic E-state index is 5.13. The fourth-order valence-corrected chi connectivity index (χ4v) is 3.59. The molecule has 0 saturated carbocycles. The average molecular weight is 390 g/mol. The van der Waals surface area contributed by atoms with E-state index in [9.17, 15) is 0 Å². The summed E-state index contributed by atoms with van der Waals surface area (Å²) in [5, 5.41) is 6.88. The predicted molar refractivity (Wildman–Crippen MR) is 118 cm³/mol. The highest BCUT2D eigenvalue weighted by Crippen LogP contribution is 2.25. The van der Waals surface area contributed by atoms with Gasteiger partial charge in [-0.2, -0.15) is 0 Å². The van der Waals surface area contributed by atoms with E-state index in [0.717, 1.165) is 51.7 Å². The van der Waals surface area contributed by atoms with E-state index >= 15 is 0 Å². The van der Waals surface area contributed by atoms with Gasteiger partial charge in [0.15, 0.2) is 5.96 Å². The molecule has 0 spiro atoms. The normalized spacial score (nSPS) is 16.5. The first-order valence-electron chi connectivity index (χ1n) is 10.7. The molecule has 1 aliphatic rings. The number of methoxy groups -OCH3 is 1. The van der Waals surface area contributed by atoms with Gasteiger partial charge in [-0.05, 0) is 58.4 Å². The van der Waals surface area contributed by atoms with Crippen LogP contribution in [0.3, 0.4) is 0 Å². The van der Waals surface area contributed by atoms with E-state index in [4.69, 9.17) is 9.73 Å². The first-order chi connectivity index (χ1) is 13.7. The van der Waals surface area contributed by atoms with E-state index in [1.54, 1.807) is 7.11 Å². The van der Waals surface area contributed by atoms with Crippen molar-refractivity contribution in [3.63, 3.8) is 0 Å². The fraction of sp³-hybridized carbons (Fsp3) is 0.682. The largest absolute Gasteiger partial charge is 0.383 e. The summed E-state index contributed by atoms with van der Waals surface area (Å²) in [4.78, 5) is 9.80. The van der Waals surface area contributed by atoms with Crippen LogP contribution in [0.25, 0.3) is 0 Å². The second-order valence-electron chi connectivity index (χ2n) is 7.47. The molecule has 0 bridgehead atoms. The van der Waals surface area contributed by atoms with Gasteiger partial charge in [0, 0.05) is 26.7 Å². The van der Waals surface area contributed by atoms with E-state index < -0.39 is 0 Å². The van der Waals surface area contributed by atoms with Gasteiger partial charge in [0.1, 0.15) is 0 Å². The highest BCUT2D eigenvalue weighted by atomic mass is 16.5. The Bertz CT molecular complexity index is 545. The lowest BCUT2D eigenvalue weighted by molar-refractivity contribution is 0.161. The number of benzene rings is 1. The van der Waals surface area contributed by atoms with Crippen LogP contribution in [0.15, 0.2) is 35.3 Å². The van der Waals surface area contributed by atoms with Gasteiger partial charge < -0.3 is 20.3 Å². The molecule has 6 nitrogen and oxygen atoms in total. The van der Waals surface area contributed by atoms with Gasteiger partial charge in [0.25, 0.3) is 0 Å². The summed E-state index contributed by atoms with van der Waals surface area (Å²) in [5.41, 5.74) is 1.36. The van der Waals surface area contributed by atoms with Crippen LogP contribution >= 0.6 is 0 Å². The van der Waals surface area contributed by atoms with Crippen LogP contribution in [0.1, 0.15) is 37.8 Å². The number of likely N-dealkylation sites (tertiary alicyclic amines) is 1. The van der Waals surface area contributed by atoms with E-state index in [0.29, 0.717) is 6.04 Å². The lowest BCUT2D eigenvalue weighted by Crippen LogP contribution is -2.39. The number of ether oxygens (including phenoxy) is 1. The SMILES string of the molecule is CCNC(=NCC(c1ccccc1)N1CCCC1)NCCCN(C)CCOC. The number of likely N-dealkylation sites (N-methyl/N-ethyl adjacent to an activating group) is 1. The van der Waals surface area contributed by atoms with Crippen LogP contribution in [0.5, 0.6) is 0 Å². The van der Waals surface area contributed by atoms with Crippen molar-refractivity contribution < 1.29 is 4.74 Å². The minimum absolute atomic E-state index is 0.360. The van der Waals surface area contributed by atoms with Gasteiger partial charge in [-0.25, -0.2) is 0 Å². The Labute approximate surface area is 171 Å². The number of aliphatic imine (C=N–C) groups is 1. The van der Waals surface area contributed by atoms with E-state index in [1.165, 1.54) is 31.5 Å². The van der Waals surface area contributed by atoms with Gasteiger partial charge in [-0.15, -0.1) is 0 Å². The smallest absolute Gasteiger partial charge is 0.191 e. The molecule has 6 heteroatoms. The van der Waals surface area contributed by atoms with Crippen LogP contribution in [-0.2, 0) is 4.74 Å². The number of rotatable bonds is 12. The Morgan fingerprint density at radius 3 is 2.61 bits per heavy atom. The molecule has 1 aromatic carbocycles. The zero-order valence-electron chi connectivity index (χ0n) is 18.0. The summed E-state index contributed by atoms with van der Waals surface area (Å²) in [7, 11) is 3.89. The number of guanidine groups is 1. The Morgan fingerprint density at radius 1 is 1.18 bits per heavy atom. The van der Waals surface area contributed by atoms with Gasteiger partial charge in [0.2, 0.25) is 0 Å². The van der Waals surface area contributed by atoms with E-state index in [2.05, 4.69) is 64.7 Å². The molecule has 0 amide bonds. The summed E-state index contributed by atoms with van der Waals surface area (Å²) in [6.45, 7) is 9.85. The van der Waals surface area contributed by atoms with Crippen LogP contribution in [-0.4, -0.2) is 82.3 Å². The molecule has 2 rings (SSSR count). The molecule has 0 aliphatic carbocycles. The highest BCUT2D eigenvalue weighted by Gasteiger charge is 2.23. The quantitative estimate of drug-likeness (QED) is 0.326. The third kappa shape index (κ3) is 8.17. The van der Waals surface area contributed by atoms with Crippen LogP contribution in [0.4, 0.5) is 0 Å². The van der Waals surface area contributed by atoms with Gasteiger partial charge in [-0.3, -0.25) is 9.89 Å². The zero-order valence-corrected chi connectivity index (χ0v) is 18.0. The summed E-state index contributed by atoms with van der Waals surface area (Å²) in [6.07, 6.45) is 3.67. The third-order valence-corrected chi connectivity index (χ3v) is 5.22. The molecular weight excluding hydrogens is 350 g/mol. The first kappa shape index (κ1) is 22.7. The maximum absolute atomic E-state index is 5.13. The molecule has 1 aromatic rings. The molecule has 1 saturated heterocycles. The molecule has 1 fully saturated rings. The molecule has 1 heterocycles. The predicted octanol–water partition coefficient (Wildman–Crippen LogP) is 2.35. The Balaban J connectivity index is 1.87. The Kier molecular flexibility index (Phi) is 10.9. The topological polar surface area (TPSA) is 52.1 Å². The Morgan fingerprint density at radius 2 is 1.93 bits per heavy atom. The lowest BCUT2D eigenvalue weighted by Gasteiger charge is -2.27. The summed E-state index contributed by atoms with van der Waals surface area (Å²) < 4.78 is 5.13. The fourth-order valence-electron chi connectivity index (χ4n) is 3.59. The molecule has 1 unspecified atom stereocenters. The van der Waals surface area contributed by atoms with Crippen LogP contribution < -0.4 is 10.6 Å². The monoisotopic (exact) mass is 389 g/mol. The number of hydrogen-bond donors (Lipinski definition) is 2. The van der Waals surface area contributed by atoms with Crippen molar-refractivity contribution in [2.75, 3.05) is 66.6 Å². The average Bonchev–Trinajstić information content (AvgIpc) is 3.25. The van der Waals surface area contributed by atoms with Gasteiger partial charge >= 0.3 is 0 Å². The van der Waals surface area contributed by atoms with Crippen molar-refractivity contribution in [2.24, 2.45) is 4.99 Å². The van der Waals surface area contributed by atoms with Crippen molar-refractivity contribution in [1.29, 1.82) is 0 Å². The minimum atomic E-state index is 0.360. The van der Waals surface area contributed by atoms with Crippen molar-refractivity contribution in [2.45, 2.75) is 32.2 Å². The standard InChI is InChI=1S/C22H39N5O/c1-4-23-22(24-13-10-14-26(2)17-18-28-3)25-19-21(27-15-8-9-16-27)20-11-6-5-7-12-20/h5-7,11-12,21H,4,8-10,13-19H2,1-3H3,(H2,23,24,25). The number of nitrogens with one attached hydrogen (secondary N) is 2. The second kappa shape index (κ2) is 13.5. The maximum Gasteiger partial charge on any atom is 0.191 e. The summed E-state index contributed by atoms with van der Waals surface area (Å²) in [6, 6.07) is 11.2. The van der Waals surface area contributed by atoms with Crippen molar-refractivity contribution in [3.8, 4) is 0 Å². The molecule has 1 atom stereocenters. The number of hydrogen-bond acceptors (Lipinski definition) is 4. The molecule has 0 aromatic heterocycles. The zero-order chi connectivity index (χ0) is 20.0. The minimum Gasteiger partial charge on any atom is -0.383 e. The molecule has 28 heavy (non-hydrogen) atoms. The van der Waals surface area contributed by atoms with E-state index in [1.807, 2.05) is 0 Å². The van der Waals surface area contributed by atoms with Gasteiger partial charge in [-0.1, -0.05) is 30.3 Å². The molecule has 158 valence electrons. The third-order valence-electron chi connectivity index (χ3n) is 5.22. The van der Waals surface area contributed by atoms with Gasteiger partial charge in [0.05, 0.1) is 19.2 Å². The van der Waals surface area contributed by atoms with Crippen molar-refractivity contribution in [3.05, 3.63) is 35.9 Å². The second-order valence-corrected chi connectivity index (χ2v) is 7.47. The summed E-state index contributed by atoms with van der Waals surface area (Å²) >= 11 is 0. The first-order valence-corrected chi connectivity index (χ1v) is 10.7. The lowest BCUT2D eigenvalue weighted by atomic mass is 10.1. The summed E-state index contributed by atoms with van der Waals surface area (Å²) in [5.74, 6) is 0.919. The highest BCUT2D eigenvalue weighted by molar-refractivity contribution is 5.79. The van der Waals surface area contributed by atoms with Crippen LogP contribution in [0.2, 0.25) is 0 Å².